The quantitative estimate of drug-likeness (QED) is 0.341. The highest BCUT2D eigenvalue weighted by molar-refractivity contribution is 7.89. The molecule has 0 aliphatic carbocycles. The van der Waals surface area contributed by atoms with Gasteiger partial charge in [0.1, 0.15) is 18.4 Å². The molecule has 0 fully saturated rings. The van der Waals surface area contributed by atoms with Crippen LogP contribution in [0.15, 0.2) is 83.8 Å². The van der Waals surface area contributed by atoms with Crippen LogP contribution in [0.2, 0.25) is 0 Å². The minimum absolute atomic E-state index is 0.0148. The second-order valence-electron chi connectivity index (χ2n) is 8.70. The van der Waals surface area contributed by atoms with E-state index in [1.165, 1.54) is 26.4 Å². The lowest BCUT2D eigenvalue weighted by atomic mass is 10.0. The van der Waals surface area contributed by atoms with Gasteiger partial charge in [0, 0.05) is 6.54 Å². The molecule has 0 N–H and O–H groups in total. The lowest BCUT2D eigenvalue weighted by Crippen LogP contribution is -2.48. The van der Waals surface area contributed by atoms with E-state index in [1.807, 2.05) is 30.3 Å². The number of hydrogen-bond donors (Lipinski definition) is 0. The fraction of sp³-hybridized carbons (Fsp3) is 0.286. The van der Waals surface area contributed by atoms with Gasteiger partial charge in [-0.1, -0.05) is 56.3 Å². The van der Waals surface area contributed by atoms with E-state index in [1.54, 1.807) is 50.2 Å². The zero-order chi connectivity index (χ0) is 27.0. The highest BCUT2D eigenvalue weighted by atomic mass is 32.2. The van der Waals surface area contributed by atoms with E-state index in [9.17, 15) is 18.0 Å². The maximum absolute atomic E-state index is 13.9. The first-order valence-electron chi connectivity index (χ1n) is 11.7. The Morgan fingerprint density at radius 3 is 2.00 bits per heavy atom. The first-order chi connectivity index (χ1) is 17.7. The fourth-order valence-corrected chi connectivity index (χ4v) is 5.49. The smallest absolute Gasteiger partial charge is 0.337 e. The molecule has 0 heterocycles. The second kappa shape index (κ2) is 12.5. The van der Waals surface area contributed by atoms with Gasteiger partial charge in [0.25, 0.3) is 0 Å². The Labute approximate surface area is 217 Å². The lowest BCUT2D eigenvalue weighted by Gasteiger charge is -2.32. The van der Waals surface area contributed by atoms with Gasteiger partial charge in [-0.2, -0.15) is 4.31 Å². The molecule has 0 radical (unpaired) electrons. The van der Waals surface area contributed by atoms with Crippen molar-refractivity contribution in [3.8, 4) is 5.75 Å². The van der Waals surface area contributed by atoms with Gasteiger partial charge >= 0.3 is 11.9 Å². The van der Waals surface area contributed by atoms with Crippen LogP contribution in [0.1, 0.15) is 35.3 Å². The summed E-state index contributed by atoms with van der Waals surface area (Å²) in [6.07, 6.45) is 0. The minimum Gasteiger partial charge on any atom is -0.497 e. The third-order valence-corrected chi connectivity index (χ3v) is 7.63. The maximum Gasteiger partial charge on any atom is 0.337 e. The molecule has 1 unspecified atom stereocenters. The number of nitrogens with zero attached hydrogens (tertiary/aromatic N) is 1. The zero-order valence-electron chi connectivity index (χ0n) is 21.3. The molecule has 8 nitrogen and oxygen atoms in total. The van der Waals surface area contributed by atoms with Gasteiger partial charge < -0.3 is 14.2 Å². The van der Waals surface area contributed by atoms with Crippen molar-refractivity contribution in [1.82, 2.24) is 4.31 Å². The van der Waals surface area contributed by atoms with Gasteiger partial charge in [-0.05, 0) is 53.4 Å². The fourth-order valence-electron chi connectivity index (χ4n) is 3.80. The standard InChI is InChI=1S/C28H31NO7S/c1-20(2)26(28(31)36-19-22-8-6-5-7-9-22)29(18-21-10-12-23(13-11-21)27(30)35-4)37(32,33)25-16-14-24(34-3)15-17-25/h5-17,20,26H,18-19H2,1-4H3. The van der Waals surface area contributed by atoms with Crippen molar-refractivity contribution < 1.29 is 32.2 Å². The third-order valence-electron chi connectivity index (χ3n) is 5.79. The van der Waals surface area contributed by atoms with E-state index in [4.69, 9.17) is 14.2 Å². The molecule has 0 amide bonds. The van der Waals surface area contributed by atoms with Crippen LogP contribution in [-0.2, 0) is 37.4 Å². The number of sulfonamides is 1. The molecular formula is C28H31NO7S. The molecule has 0 aliphatic heterocycles. The first kappa shape index (κ1) is 27.9. The molecule has 1 atom stereocenters. The van der Waals surface area contributed by atoms with E-state index in [0.29, 0.717) is 16.9 Å². The average molecular weight is 526 g/mol. The number of rotatable bonds is 11. The van der Waals surface area contributed by atoms with Gasteiger partial charge in [-0.15, -0.1) is 0 Å². The zero-order valence-corrected chi connectivity index (χ0v) is 22.1. The number of ether oxygens (including phenoxy) is 3. The van der Waals surface area contributed by atoms with E-state index < -0.39 is 33.9 Å². The van der Waals surface area contributed by atoms with Gasteiger partial charge in [-0.25, -0.2) is 13.2 Å². The summed E-state index contributed by atoms with van der Waals surface area (Å²) in [6, 6.07) is 20.4. The summed E-state index contributed by atoms with van der Waals surface area (Å²) in [7, 11) is -1.37. The molecule has 196 valence electrons. The SMILES string of the molecule is COC(=O)c1ccc(CN(C(C(=O)OCc2ccccc2)C(C)C)S(=O)(=O)c2ccc(OC)cc2)cc1. The summed E-state index contributed by atoms with van der Waals surface area (Å²) in [5.41, 5.74) is 1.71. The predicted molar refractivity (Wildman–Crippen MR) is 138 cm³/mol. The summed E-state index contributed by atoms with van der Waals surface area (Å²) in [5.74, 6) is -1.04. The van der Waals surface area contributed by atoms with Crippen molar-refractivity contribution in [1.29, 1.82) is 0 Å². The van der Waals surface area contributed by atoms with E-state index in [0.717, 1.165) is 9.87 Å². The normalized spacial score (nSPS) is 12.3. The summed E-state index contributed by atoms with van der Waals surface area (Å²) in [4.78, 5) is 25.2. The van der Waals surface area contributed by atoms with Crippen LogP contribution in [0.5, 0.6) is 5.75 Å². The van der Waals surface area contributed by atoms with E-state index in [-0.39, 0.29) is 18.0 Å². The van der Waals surface area contributed by atoms with Crippen LogP contribution in [-0.4, -0.2) is 44.9 Å². The summed E-state index contributed by atoms with van der Waals surface area (Å²) in [6.45, 7) is 3.45. The van der Waals surface area contributed by atoms with E-state index >= 15 is 0 Å². The molecule has 37 heavy (non-hydrogen) atoms. The van der Waals surface area contributed by atoms with E-state index in [2.05, 4.69) is 0 Å². The Hall–Kier alpha value is -3.69. The van der Waals surface area contributed by atoms with Crippen molar-refractivity contribution in [2.75, 3.05) is 14.2 Å². The van der Waals surface area contributed by atoms with Crippen LogP contribution in [0.25, 0.3) is 0 Å². The molecule has 0 aliphatic rings. The monoisotopic (exact) mass is 525 g/mol. The molecule has 9 heteroatoms. The molecule has 0 bridgehead atoms. The molecule has 0 saturated heterocycles. The Bertz CT molecular complexity index is 1290. The summed E-state index contributed by atoms with van der Waals surface area (Å²) in [5, 5.41) is 0. The van der Waals surface area contributed by atoms with Gasteiger partial charge in [0.05, 0.1) is 24.7 Å². The Balaban J connectivity index is 1.98. The predicted octanol–water partition coefficient (Wildman–Crippen LogP) is 4.44. The summed E-state index contributed by atoms with van der Waals surface area (Å²) < 4.78 is 44.4. The van der Waals surface area contributed by atoms with Gasteiger partial charge in [0.15, 0.2) is 0 Å². The highest BCUT2D eigenvalue weighted by Crippen LogP contribution is 2.27. The van der Waals surface area contributed by atoms with Crippen molar-refractivity contribution in [3.05, 3.63) is 95.6 Å². The third kappa shape index (κ3) is 6.96. The molecule has 3 aromatic carbocycles. The Kier molecular flexibility index (Phi) is 9.43. The molecule has 0 spiro atoms. The number of carbonyl (C=O) groups is 2. The first-order valence-corrected chi connectivity index (χ1v) is 13.1. The maximum atomic E-state index is 13.9. The number of hydrogen-bond acceptors (Lipinski definition) is 7. The minimum atomic E-state index is -4.14. The van der Waals surface area contributed by atoms with Gasteiger partial charge in [-0.3, -0.25) is 4.79 Å². The van der Waals surface area contributed by atoms with Crippen LogP contribution in [0.4, 0.5) is 0 Å². The molecule has 0 saturated carbocycles. The molecule has 3 aromatic rings. The number of benzene rings is 3. The Morgan fingerprint density at radius 1 is 0.838 bits per heavy atom. The van der Waals surface area contributed by atoms with Crippen molar-refractivity contribution >= 4 is 22.0 Å². The highest BCUT2D eigenvalue weighted by Gasteiger charge is 2.39. The van der Waals surface area contributed by atoms with Crippen molar-refractivity contribution in [3.63, 3.8) is 0 Å². The lowest BCUT2D eigenvalue weighted by molar-refractivity contribution is -0.151. The van der Waals surface area contributed by atoms with Crippen molar-refractivity contribution in [2.45, 2.75) is 37.9 Å². The van der Waals surface area contributed by atoms with Crippen LogP contribution in [0, 0.1) is 5.92 Å². The summed E-state index contributed by atoms with van der Waals surface area (Å²) >= 11 is 0. The van der Waals surface area contributed by atoms with Crippen molar-refractivity contribution in [2.24, 2.45) is 5.92 Å². The number of methoxy groups -OCH3 is 2. The molecule has 3 rings (SSSR count). The topological polar surface area (TPSA) is 99.2 Å². The average Bonchev–Trinajstić information content (AvgIpc) is 2.91. The van der Waals surface area contributed by atoms with Crippen LogP contribution < -0.4 is 4.74 Å². The largest absolute Gasteiger partial charge is 0.497 e. The van der Waals surface area contributed by atoms with Crippen LogP contribution in [0.3, 0.4) is 0 Å². The van der Waals surface area contributed by atoms with Gasteiger partial charge in [0.2, 0.25) is 10.0 Å². The number of esters is 2. The number of carbonyl (C=O) groups excluding carboxylic acids is 2. The molecule has 0 aromatic heterocycles. The molecular weight excluding hydrogens is 494 g/mol. The van der Waals surface area contributed by atoms with Crippen LogP contribution >= 0.6 is 0 Å². The Morgan fingerprint density at radius 2 is 1.46 bits per heavy atom. The second-order valence-corrected chi connectivity index (χ2v) is 10.6.